The molecule has 0 fully saturated rings. The molecule has 1 aromatic heterocycles. The minimum atomic E-state index is 0.755. The number of hydrogen-bond acceptors (Lipinski definition) is 3. The van der Waals surface area contributed by atoms with Gasteiger partial charge in [0.2, 0.25) is 0 Å². The fourth-order valence-corrected chi connectivity index (χ4v) is 1.90. The molecule has 0 amide bonds. The molecule has 0 bridgehead atoms. The van der Waals surface area contributed by atoms with Crippen LogP contribution in [-0.4, -0.2) is 9.97 Å². The van der Waals surface area contributed by atoms with E-state index in [2.05, 4.69) is 9.97 Å². The van der Waals surface area contributed by atoms with Crippen molar-refractivity contribution in [2.75, 3.05) is 5.01 Å². The maximum atomic E-state index is 6.07. The van der Waals surface area contributed by atoms with Gasteiger partial charge in [-0.25, -0.2) is 10.8 Å². The number of nitrogens with zero attached hydrogens (tertiary/aromatic N) is 2. The molecule has 0 atom stereocenters. The average Bonchev–Trinajstić information content (AvgIpc) is 2.98. The van der Waals surface area contributed by atoms with Crippen LogP contribution in [0.3, 0.4) is 0 Å². The molecule has 0 aliphatic carbocycles. The zero-order chi connectivity index (χ0) is 13.1. The Morgan fingerprint density at radius 2 is 1.53 bits per heavy atom. The SMILES string of the molecule is NN(c1ccccc1)c1cnc(-c2ccccc2)[nH]1. The number of nitrogens with two attached hydrogens (primary N) is 1. The lowest BCUT2D eigenvalue weighted by Gasteiger charge is -2.15. The second-order valence-electron chi connectivity index (χ2n) is 4.19. The summed E-state index contributed by atoms with van der Waals surface area (Å²) in [5.74, 6) is 7.63. The number of H-pyrrole nitrogens is 1. The third-order valence-electron chi connectivity index (χ3n) is 2.90. The molecule has 0 radical (unpaired) electrons. The smallest absolute Gasteiger partial charge is 0.145 e. The van der Waals surface area contributed by atoms with E-state index in [1.807, 2.05) is 60.7 Å². The number of para-hydroxylation sites is 1. The van der Waals surface area contributed by atoms with Crippen LogP contribution in [0.25, 0.3) is 11.4 Å². The molecule has 0 aliphatic rings. The Morgan fingerprint density at radius 1 is 0.895 bits per heavy atom. The quantitative estimate of drug-likeness (QED) is 0.554. The Kier molecular flexibility index (Phi) is 3.00. The van der Waals surface area contributed by atoms with Crippen LogP contribution in [0.5, 0.6) is 0 Å². The number of benzene rings is 2. The molecule has 0 saturated heterocycles. The van der Waals surface area contributed by atoms with E-state index in [1.54, 1.807) is 11.2 Å². The van der Waals surface area contributed by atoms with Gasteiger partial charge in [-0.1, -0.05) is 48.5 Å². The predicted molar refractivity (Wildman–Crippen MR) is 76.8 cm³/mol. The van der Waals surface area contributed by atoms with Crippen LogP contribution in [0.15, 0.2) is 66.9 Å². The topological polar surface area (TPSA) is 57.9 Å². The molecule has 3 rings (SSSR count). The Bertz CT molecular complexity index is 646. The predicted octanol–water partition coefficient (Wildman–Crippen LogP) is 3.09. The first kappa shape index (κ1) is 11.5. The van der Waals surface area contributed by atoms with Crippen LogP contribution in [0, 0.1) is 0 Å². The highest BCUT2D eigenvalue weighted by molar-refractivity contribution is 5.62. The first-order chi connectivity index (χ1) is 9.34. The summed E-state index contributed by atoms with van der Waals surface area (Å²) < 4.78 is 0. The number of imidazole rings is 1. The molecule has 1 heterocycles. The maximum absolute atomic E-state index is 6.07. The first-order valence-electron chi connectivity index (χ1n) is 6.05. The lowest BCUT2D eigenvalue weighted by atomic mass is 10.2. The van der Waals surface area contributed by atoms with Gasteiger partial charge in [0.1, 0.15) is 11.6 Å². The molecule has 3 aromatic rings. The zero-order valence-electron chi connectivity index (χ0n) is 10.3. The summed E-state index contributed by atoms with van der Waals surface area (Å²) in [6, 6.07) is 19.7. The molecule has 2 aromatic carbocycles. The summed E-state index contributed by atoms with van der Waals surface area (Å²) in [5, 5.41) is 1.58. The minimum Gasteiger partial charge on any atom is -0.323 e. The van der Waals surface area contributed by atoms with Crippen molar-refractivity contribution in [3.05, 3.63) is 66.9 Å². The lowest BCUT2D eigenvalue weighted by molar-refractivity contribution is 1.05. The number of nitrogens with one attached hydrogen (secondary N) is 1. The van der Waals surface area contributed by atoms with Crippen molar-refractivity contribution < 1.29 is 0 Å². The second kappa shape index (κ2) is 4.96. The van der Waals surface area contributed by atoms with E-state index in [-0.39, 0.29) is 0 Å². The summed E-state index contributed by atoms with van der Waals surface area (Å²) in [6.45, 7) is 0. The highest BCUT2D eigenvalue weighted by atomic mass is 15.4. The fraction of sp³-hybridized carbons (Fsp3) is 0. The van der Waals surface area contributed by atoms with Gasteiger partial charge in [-0.3, -0.25) is 5.01 Å². The van der Waals surface area contributed by atoms with E-state index in [9.17, 15) is 0 Å². The molecule has 94 valence electrons. The van der Waals surface area contributed by atoms with Crippen LogP contribution >= 0.6 is 0 Å². The van der Waals surface area contributed by atoms with E-state index >= 15 is 0 Å². The third-order valence-corrected chi connectivity index (χ3v) is 2.90. The number of anilines is 2. The molecule has 19 heavy (non-hydrogen) atoms. The van der Waals surface area contributed by atoms with Crippen LogP contribution in [0.2, 0.25) is 0 Å². The average molecular weight is 250 g/mol. The second-order valence-corrected chi connectivity index (χ2v) is 4.19. The van der Waals surface area contributed by atoms with Gasteiger partial charge in [-0.15, -0.1) is 0 Å². The van der Waals surface area contributed by atoms with Crippen LogP contribution in [-0.2, 0) is 0 Å². The molecule has 0 aliphatic heterocycles. The Balaban J connectivity index is 1.90. The largest absolute Gasteiger partial charge is 0.323 e. The van der Waals surface area contributed by atoms with Gasteiger partial charge in [-0.05, 0) is 12.1 Å². The molecule has 4 nitrogen and oxygen atoms in total. The third kappa shape index (κ3) is 2.34. The van der Waals surface area contributed by atoms with Crippen LogP contribution < -0.4 is 10.9 Å². The van der Waals surface area contributed by atoms with Crippen molar-refractivity contribution in [1.29, 1.82) is 0 Å². The Hall–Kier alpha value is -2.59. The number of aromatic amines is 1. The highest BCUT2D eigenvalue weighted by Crippen LogP contribution is 2.22. The van der Waals surface area contributed by atoms with E-state index < -0.39 is 0 Å². The van der Waals surface area contributed by atoms with E-state index in [4.69, 9.17) is 5.84 Å². The molecule has 3 N–H and O–H groups in total. The Labute approximate surface area is 111 Å². The van der Waals surface area contributed by atoms with Crippen molar-refractivity contribution >= 4 is 11.5 Å². The zero-order valence-corrected chi connectivity index (χ0v) is 10.3. The van der Waals surface area contributed by atoms with Crippen LogP contribution in [0.4, 0.5) is 11.5 Å². The van der Waals surface area contributed by atoms with Gasteiger partial charge in [0.05, 0.1) is 11.9 Å². The summed E-state index contributed by atoms with van der Waals surface area (Å²) in [5.41, 5.74) is 1.95. The number of hydrogen-bond donors (Lipinski definition) is 2. The summed E-state index contributed by atoms with van der Waals surface area (Å²) >= 11 is 0. The Morgan fingerprint density at radius 3 is 2.21 bits per heavy atom. The van der Waals surface area contributed by atoms with Gasteiger partial charge in [0.15, 0.2) is 0 Å². The van der Waals surface area contributed by atoms with Crippen molar-refractivity contribution in [3.8, 4) is 11.4 Å². The minimum absolute atomic E-state index is 0.755. The van der Waals surface area contributed by atoms with Crippen molar-refractivity contribution in [2.24, 2.45) is 5.84 Å². The fourth-order valence-electron chi connectivity index (χ4n) is 1.90. The standard InChI is InChI=1S/C15H14N4/c16-19(13-9-5-2-6-10-13)14-11-17-15(18-14)12-7-3-1-4-8-12/h1-11H,16H2,(H,17,18). The molecule has 4 heteroatoms. The molecule has 0 saturated carbocycles. The summed E-state index contributed by atoms with van der Waals surface area (Å²) in [7, 11) is 0. The van der Waals surface area contributed by atoms with E-state index in [0.29, 0.717) is 0 Å². The number of rotatable bonds is 3. The molecular formula is C15H14N4. The van der Waals surface area contributed by atoms with Gasteiger partial charge < -0.3 is 4.98 Å². The van der Waals surface area contributed by atoms with E-state index in [0.717, 1.165) is 22.9 Å². The summed E-state index contributed by atoms with van der Waals surface area (Å²) in [6.07, 6.45) is 1.73. The van der Waals surface area contributed by atoms with Crippen LogP contribution in [0.1, 0.15) is 0 Å². The highest BCUT2D eigenvalue weighted by Gasteiger charge is 2.08. The number of aromatic nitrogens is 2. The van der Waals surface area contributed by atoms with Crippen molar-refractivity contribution in [1.82, 2.24) is 9.97 Å². The maximum Gasteiger partial charge on any atom is 0.145 e. The van der Waals surface area contributed by atoms with Gasteiger partial charge in [-0.2, -0.15) is 0 Å². The molecular weight excluding hydrogens is 236 g/mol. The van der Waals surface area contributed by atoms with Gasteiger partial charge >= 0.3 is 0 Å². The summed E-state index contributed by atoms with van der Waals surface area (Å²) in [4.78, 5) is 7.57. The van der Waals surface area contributed by atoms with Crippen molar-refractivity contribution in [2.45, 2.75) is 0 Å². The molecule has 0 spiro atoms. The number of hydrazine groups is 1. The first-order valence-corrected chi connectivity index (χ1v) is 6.05. The molecule has 0 unspecified atom stereocenters. The van der Waals surface area contributed by atoms with E-state index in [1.165, 1.54) is 0 Å². The normalized spacial score (nSPS) is 10.4. The van der Waals surface area contributed by atoms with Crippen molar-refractivity contribution in [3.63, 3.8) is 0 Å². The monoisotopic (exact) mass is 250 g/mol. The van der Waals surface area contributed by atoms with Gasteiger partial charge in [0, 0.05) is 5.56 Å². The van der Waals surface area contributed by atoms with Gasteiger partial charge in [0.25, 0.3) is 0 Å². The lowest BCUT2D eigenvalue weighted by Crippen LogP contribution is -2.25.